The molecule has 2 fully saturated rings. The van der Waals surface area contributed by atoms with Gasteiger partial charge in [0.25, 0.3) is 0 Å². The number of piperazine rings is 1. The lowest BCUT2D eigenvalue weighted by molar-refractivity contribution is -0.146. The van der Waals surface area contributed by atoms with E-state index in [9.17, 15) is 9.59 Å². The summed E-state index contributed by atoms with van der Waals surface area (Å²) in [6.45, 7) is 8.01. The summed E-state index contributed by atoms with van der Waals surface area (Å²) < 4.78 is 4.92. The van der Waals surface area contributed by atoms with Gasteiger partial charge < -0.3 is 19.9 Å². The van der Waals surface area contributed by atoms with Gasteiger partial charge in [-0.1, -0.05) is 0 Å². The quantitative estimate of drug-likeness (QED) is 0.741. The molecule has 2 unspecified atom stereocenters. The van der Waals surface area contributed by atoms with Crippen molar-refractivity contribution in [2.75, 3.05) is 46.9 Å². The third kappa shape index (κ3) is 3.52. The molecule has 22 heavy (non-hydrogen) atoms. The Morgan fingerprint density at radius 1 is 1.27 bits per heavy atom. The maximum atomic E-state index is 12.6. The highest BCUT2D eigenvalue weighted by atomic mass is 16.5. The minimum Gasteiger partial charge on any atom is -0.468 e. The zero-order chi connectivity index (χ0) is 16.3. The standard InChI is InChI=1S/C15H28N4O3/c1-11(2)19-10-12(9-13(19)14(20)22-4)17(3)15(21)18-7-5-16-6-8-18/h11-13,16H,5-10H2,1-4H3. The number of nitrogens with one attached hydrogen (secondary N) is 1. The molecule has 2 rings (SSSR count). The number of likely N-dealkylation sites (tertiary alicyclic amines) is 1. The molecule has 7 nitrogen and oxygen atoms in total. The van der Waals surface area contributed by atoms with Crippen LogP contribution in [0.25, 0.3) is 0 Å². The van der Waals surface area contributed by atoms with Crippen LogP contribution in [-0.4, -0.2) is 91.7 Å². The molecule has 0 aliphatic carbocycles. The van der Waals surface area contributed by atoms with Crippen molar-refractivity contribution >= 4 is 12.0 Å². The van der Waals surface area contributed by atoms with E-state index < -0.39 is 0 Å². The predicted molar refractivity (Wildman–Crippen MR) is 83.7 cm³/mol. The second kappa shape index (κ2) is 7.28. The molecule has 7 heteroatoms. The lowest BCUT2D eigenvalue weighted by atomic mass is 10.1. The van der Waals surface area contributed by atoms with Gasteiger partial charge in [0.15, 0.2) is 0 Å². The summed E-state index contributed by atoms with van der Waals surface area (Å²) >= 11 is 0. The highest BCUT2D eigenvalue weighted by molar-refractivity contribution is 5.77. The van der Waals surface area contributed by atoms with Crippen LogP contribution in [0.1, 0.15) is 20.3 Å². The van der Waals surface area contributed by atoms with E-state index in [0.717, 1.165) is 26.2 Å². The van der Waals surface area contributed by atoms with Crippen molar-refractivity contribution in [1.29, 1.82) is 0 Å². The van der Waals surface area contributed by atoms with Crippen molar-refractivity contribution in [1.82, 2.24) is 20.0 Å². The number of esters is 1. The molecule has 2 aliphatic rings. The van der Waals surface area contributed by atoms with Gasteiger partial charge in [0.1, 0.15) is 6.04 Å². The van der Waals surface area contributed by atoms with Crippen molar-refractivity contribution in [3.63, 3.8) is 0 Å². The van der Waals surface area contributed by atoms with Crippen molar-refractivity contribution in [3.05, 3.63) is 0 Å². The predicted octanol–water partition coefficient (Wildman–Crippen LogP) is -0.0323. The molecule has 1 N–H and O–H groups in total. The van der Waals surface area contributed by atoms with Gasteiger partial charge in [-0.3, -0.25) is 9.69 Å². The summed E-state index contributed by atoms with van der Waals surface area (Å²) in [6.07, 6.45) is 0.638. The van der Waals surface area contributed by atoms with Crippen molar-refractivity contribution in [3.8, 4) is 0 Å². The SMILES string of the molecule is COC(=O)C1CC(N(C)C(=O)N2CCNCC2)CN1C(C)C. The fourth-order valence-electron chi connectivity index (χ4n) is 3.29. The Bertz CT molecular complexity index is 410. The first-order chi connectivity index (χ1) is 10.5. The Kier molecular flexibility index (Phi) is 5.63. The van der Waals surface area contributed by atoms with Crippen LogP contribution in [0.2, 0.25) is 0 Å². The topological polar surface area (TPSA) is 65.1 Å². The average Bonchev–Trinajstić information content (AvgIpc) is 2.99. The second-order valence-electron chi connectivity index (χ2n) is 6.35. The maximum absolute atomic E-state index is 12.6. The van der Waals surface area contributed by atoms with Gasteiger partial charge in [-0.05, 0) is 20.3 Å². The first kappa shape index (κ1) is 17.0. The minimum atomic E-state index is -0.256. The van der Waals surface area contributed by atoms with E-state index in [1.165, 1.54) is 7.11 Å². The van der Waals surface area contributed by atoms with Gasteiger partial charge in [-0.2, -0.15) is 0 Å². The van der Waals surface area contributed by atoms with Gasteiger partial charge in [-0.15, -0.1) is 0 Å². The molecule has 0 saturated carbocycles. The number of amides is 2. The van der Waals surface area contributed by atoms with Crippen molar-refractivity contribution in [2.24, 2.45) is 0 Å². The molecule has 0 aromatic rings. The second-order valence-corrected chi connectivity index (χ2v) is 6.35. The lowest BCUT2D eigenvalue weighted by Crippen LogP contribution is -2.53. The minimum absolute atomic E-state index is 0.0499. The summed E-state index contributed by atoms with van der Waals surface area (Å²) in [6, 6.07) is 0.0969. The van der Waals surface area contributed by atoms with Gasteiger partial charge in [-0.25, -0.2) is 4.79 Å². The number of hydrogen-bond donors (Lipinski definition) is 1. The largest absolute Gasteiger partial charge is 0.468 e. The number of urea groups is 1. The van der Waals surface area contributed by atoms with E-state index >= 15 is 0 Å². The Hall–Kier alpha value is -1.34. The third-order valence-corrected chi connectivity index (χ3v) is 4.69. The Labute approximate surface area is 132 Å². The highest BCUT2D eigenvalue weighted by Gasteiger charge is 2.42. The number of hydrogen-bond acceptors (Lipinski definition) is 5. The molecule has 0 bridgehead atoms. The molecule has 2 saturated heterocycles. The Morgan fingerprint density at radius 2 is 1.91 bits per heavy atom. The molecule has 2 amide bonds. The van der Waals surface area contributed by atoms with E-state index in [1.807, 2.05) is 11.9 Å². The number of rotatable bonds is 3. The Balaban J connectivity index is 2.02. The van der Waals surface area contributed by atoms with Crippen LogP contribution in [0.15, 0.2) is 0 Å². The molecule has 0 aromatic heterocycles. The average molecular weight is 312 g/mol. The van der Waals surface area contributed by atoms with Crippen LogP contribution in [0, 0.1) is 0 Å². The van der Waals surface area contributed by atoms with E-state index in [4.69, 9.17) is 4.74 Å². The first-order valence-electron chi connectivity index (χ1n) is 8.01. The van der Waals surface area contributed by atoms with Gasteiger partial charge >= 0.3 is 12.0 Å². The zero-order valence-corrected chi connectivity index (χ0v) is 14.0. The van der Waals surface area contributed by atoms with Crippen LogP contribution in [0.4, 0.5) is 4.79 Å². The zero-order valence-electron chi connectivity index (χ0n) is 14.0. The summed E-state index contributed by atoms with van der Waals surface area (Å²) in [7, 11) is 3.26. The summed E-state index contributed by atoms with van der Waals surface area (Å²) in [5.74, 6) is -0.209. The van der Waals surface area contributed by atoms with Crippen LogP contribution in [-0.2, 0) is 9.53 Å². The number of carbonyl (C=O) groups excluding carboxylic acids is 2. The molecule has 0 spiro atoms. The van der Waals surface area contributed by atoms with Crippen LogP contribution in [0.5, 0.6) is 0 Å². The fraction of sp³-hybridized carbons (Fsp3) is 0.867. The lowest BCUT2D eigenvalue weighted by Gasteiger charge is -2.34. The number of methoxy groups -OCH3 is 1. The first-order valence-corrected chi connectivity index (χ1v) is 8.01. The van der Waals surface area contributed by atoms with Gasteiger partial charge in [0.05, 0.1) is 7.11 Å². The number of carbonyl (C=O) groups is 2. The number of nitrogens with zero attached hydrogens (tertiary/aromatic N) is 3. The molecular formula is C15H28N4O3. The molecule has 0 radical (unpaired) electrons. The highest BCUT2D eigenvalue weighted by Crippen LogP contribution is 2.25. The Morgan fingerprint density at radius 3 is 2.45 bits per heavy atom. The smallest absolute Gasteiger partial charge is 0.323 e. The molecular weight excluding hydrogens is 284 g/mol. The van der Waals surface area contributed by atoms with Gasteiger partial charge in [0.2, 0.25) is 0 Å². The fourth-order valence-corrected chi connectivity index (χ4v) is 3.29. The molecule has 0 aromatic carbocycles. The van der Waals surface area contributed by atoms with E-state index in [1.54, 1.807) is 4.90 Å². The van der Waals surface area contributed by atoms with Crippen LogP contribution >= 0.6 is 0 Å². The van der Waals surface area contributed by atoms with Crippen molar-refractivity contribution in [2.45, 2.75) is 38.4 Å². The number of likely N-dealkylation sites (N-methyl/N-ethyl adjacent to an activating group) is 1. The molecule has 2 atom stereocenters. The number of ether oxygens (including phenoxy) is 1. The summed E-state index contributed by atoms with van der Waals surface area (Å²) in [5, 5.41) is 3.25. The van der Waals surface area contributed by atoms with E-state index in [0.29, 0.717) is 13.0 Å². The normalized spacial score (nSPS) is 26.3. The van der Waals surface area contributed by atoms with Gasteiger partial charge in [0, 0.05) is 51.9 Å². The summed E-state index contributed by atoms with van der Waals surface area (Å²) in [5.41, 5.74) is 0. The van der Waals surface area contributed by atoms with Crippen LogP contribution < -0.4 is 5.32 Å². The monoisotopic (exact) mass is 312 g/mol. The van der Waals surface area contributed by atoms with Crippen molar-refractivity contribution < 1.29 is 14.3 Å². The molecule has 2 heterocycles. The van der Waals surface area contributed by atoms with Crippen LogP contribution in [0.3, 0.4) is 0 Å². The molecule has 2 aliphatic heterocycles. The van der Waals surface area contributed by atoms with E-state index in [-0.39, 0.29) is 30.1 Å². The summed E-state index contributed by atoms with van der Waals surface area (Å²) in [4.78, 5) is 30.4. The maximum Gasteiger partial charge on any atom is 0.323 e. The third-order valence-electron chi connectivity index (χ3n) is 4.69. The molecule has 126 valence electrons. The van der Waals surface area contributed by atoms with E-state index in [2.05, 4.69) is 24.1 Å².